The van der Waals surface area contributed by atoms with Crippen molar-refractivity contribution in [1.82, 2.24) is 19.8 Å². The molecule has 8 nitrogen and oxygen atoms in total. The van der Waals surface area contributed by atoms with Gasteiger partial charge in [0.15, 0.2) is 0 Å². The number of pyridine rings is 2. The SMILES string of the molecule is CN(Cc1sc2c(=O)c(CC(=O)NCc3ccc(Cl)cc3)cn(C)c2c1CN)C[C@@H](O)c1ccccn1. The maximum atomic E-state index is 13.4. The molecule has 0 saturated heterocycles. The van der Waals surface area contributed by atoms with Crippen LogP contribution in [0.5, 0.6) is 0 Å². The molecule has 1 amide bonds. The molecule has 1 atom stereocenters. The molecule has 0 unspecified atom stereocenters. The van der Waals surface area contributed by atoms with E-state index in [-0.39, 0.29) is 24.3 Å². The zero-order valence-corrected chi connectivity index (χ0v) is 22.4. The molecule has 0 fully saturated rings. The second kappa shape index (κ2) is 12.0. The average molecular weight is 540 g/mol. The third kappa shape index (κ3) is 6.44. The molecule has 0 spiro atoms. The van der Waals surface area contributed by atoms with Gasteiger partial charge in [0.2, 0.25) is 11.3 Å². The van der Waals surface area contributed by atoms with Gasteiger partial charge < -0.3 is 20.7 Å². The van der Waals surface area contributed by atoms with Crippen LogP contribution in [-0.4, -0.2) is 39.1 Å². The van der Waals surface area contributed by atoms with Crippen LogP contribution in [0.15, 0.2) is 59.7 Å². The zero-order valence-electron chi connectivity index (χ0n) is 20.8. The number of halogens is 1. The lowest BCUT2D eigenvalue weighted by atomic mass is 10.1. The molecule has 10 heteroatoms. The van der Waals surface area contributed by atoms with Gasteiger partial charge in [-0.3, -0.25) is 19.5 Å². The van der Waals surface area contributed by atoms with E-state index >= 15 is 0 Å². The highest BCUT2D eigenvalue weighted by Crippen LogP contribution is 2.30. The first-order valence-corrected chi connectivity index (χ1v) is 13.1. The number of aryl methyl sites for hydroxylation is 1. The number of fused-ring (bicyclic) bond motifs is 1. The van der Waals surface area contributed by atoms with Crippen molar-refractivity contribution in [3.63, 3.8) is 0 Å². The number of carbonyl (C=O) groups excluding carboxylic acids is 1. The number of carbonyl (C=O) groups is 1. The fraction of sp³-hybridized carbons (Fsp3) is 0.296. The number of aromatic nitrogens is 2. The van der Waals surface area contributed by atoms with Crippen LogP contribution < -0.4 is 16.5 Å². The van der Waals surface area contributed by atoms with Gasteiger partial charge in [0.25, 0.3) is 0 Å². The predicted octanol–water partition coefficient (Wildman–Crippen LogP) is 3.13. The summed E-state index contributed by atoms with van der Waals surface area (Å²) < 4.78 is 2.46. The molecule has 0 aliphatic rings. The molecular formula is C27H30ClN5O3S. The number of nitrogens with zero attached hydrogens (tertiary/aromatic N) is 3. The second-order valence-electron chi connectivity index (χ2n) is 9.03. The number of nitrogens with one attached hydrogen (secondary N) is 1. The molecule has 4 rings (SSSR count). The Morgan fingerprint density at radius 1 is 1.27 bits per heavy atom. The van der Waals surface area contributed by atoms with E-state index in [1.54, 1.807) is 30.6 Å². The van der Waals surface area contributed by atoms with Crippen molar-refractivity contribution in [2.75, 3.05) is 13.6 Å². The number of rotatable bonds is 10. The van der Waals surface area contributed by atoms with E-state index in [9.17, 15) is 14.7 Å². The molecule has 1 aromatic carbocycles. The minimum absolute atomic E-state index is 0.0163. The Morgan fingerprint density at radius 3 is 2.70 bits per heavy atom. The van der Waals surface area contributed by atoms with E-state index in [0.717, 1.165) is 21.5 Å². The van der Waals surface area contributed by atoms with Crippen molar-refractivity contribution >= 4 is 39.1 Å². The maximum Gasteiger partial charge on any atom is 0.224 e. The zero-order chi connectivity index (χ0) is 26.5. The number of thiophene rings is 1. The Morgan fingerprint density at radius 2 is 2.03 bits per heavy atom. The Kier molecular flexibility index (Phi) is 8.73. The van der Waals surface area contributed by atoms with Gasteiger partial charge in [-0.05, 0) is 36.9 Å². The van der Waals surface area contributed by atoms with Gasteiger partial charge in [0, 0.05) is 66.6 Å². The molecule has 4 aromatic rings. The van der Waals surface area contributed by atoms with E-state index in [4.69, 9.17) is 17.3 Å². The molecule has 0 aliphatic heterocycles. The summed E-state index contributed by atoms with van der Waals surface area (Å²) in [6, 6.07) is 12.7. The highest BCUT2D eigenvalue weighted by atomic mass is 35.5. The Balaban J connectivity index is 1.51. The van der Waals surface area contributed by atoms with Crippen LogP contribution in [0.2, 0.25) is 5.02 Å². The summed E-state index contributed by atoms with van der Waals surface area (Å²) in [6.07, 6.45) is 2.63. The van der Waals surface area contributed by atoms with Gasteiger partial charge in [0.1, 0.15) is 6.10 Å². The van der Waals surface area contributed by atoms with E-state index in [1.165, 1.54) is 11.3 Å². The van der Waals surface area contributed by atoms with Crippen LogP contribution in [0.25, 0.3) is 10.2 Å². The van der Waals surface area contributed by atoms with Gasteiger partial charge in [-0.2, -0.15) is 0 Å². The van der Waals surface area contributed by atoms with E-state index < -0.39 is 6.10 Å². The second-order valence-corrected chi connectivity index (χ2v) is 10.6. The first kappa shape index (κ1) is 27.0. The monoisotopic (exact) mass is 539 g/mol. The molecular weight excluding hydrogens is 510 g/mol. The van der Waals surface area contributed by atoms with E-state index in [0.29, 0.717) is 40.6 Å². The summed E-state index contributed by atoms with van der Waals surface area (Å²) in [4.78, 5) is 33.1. The van der Waals surface area contributed by atoms with Crippen LogP contribution in [0.1, 0.15) is 33.4 Å². The summed E-state index contributed by atoms with van der Waals surface area (Å²) >= 11 is 7.31. The van der Waals surface area contributed by atoms with Crippen LogP contribution in [-0.2, 0) is 37.9 Å². The van der Waals surface area contributed by atoms with Gasteiger partial charge >= 0.3 is 0 Å². The van der Waals surface area contributed by atoms with Gasteiger partial charge in [-0.1, -0.05) is 29.8 Å². The molecule has 3 aromatic heterocycles. The third-order valence-corrected chi connectivity index (χ3v) is 7.60. The normalized spacial score (nSPS) is 12.3. The maximum absolute atomic E-state index is 13.4. The predicted molar refractivity (Wildman–Crippen MR) is 147 cm³/mol. The minimum atomic E-state index is -0.730. The van der Waals surface area contributed by atoms with Crippen molar-refractivity contribution in [3.8, 4) is 0 Å². The fourth-order valence-corrected chi connectivity index (χ4v) is 5.85. The van der Waals surface area contributed by atoms with Crippen LogP contribution in [0, 0.1) is 0 Å². The Hall–Kier alpha value is -3.08. The smallest absolute Gasteiger partial charge is 0.224 e. The van der Waals surface area contributed by atoms with Crippen molar-refractivity contribution in [3.05, 3.63) is 97.4 Å². The number of hydrogen-bond donors (Lipinski definition) is 3. The number of benzene rings is 1. The largest absolute Gasteiger partial charge is 0.385 e. The van der Waals surface area contributed by atoms with E-state index in [1.807, 2.05) is 47.8 Å². The van der Waals surface area contributed by atoms with E-state index in [2.05, 4.69) is 10.3 Å². The summed E-state index contributed by atoms with van der Waals surface area (Å²) in [5, 5.41) is 14.0. The molecule has 4 N–H and O–H groups in total. The lowest BCUT2D eigenvalue weighted by Gasteiger charge is -2.20. The highest BCUT2D eigenvalue weighted by Gasteiger charge is 2.21. The molecule has 37 heavy (non-hydrogen) atoms. The minimum Gasteiger partial charge on any atom is -0.385 e. The standard InChI is InChI=1S/C27H30ClN5O3S/c1-32(15-22(34)21-5-3-4-10-30-21)16-23-20(12-29)25-27(37-23)26(36)18(14-33(25)2)11-24(35)31-13-17-6-8-19(28)9-7-17/h3-10,14,22,34H,11-13,15-16,29H2,1-2H3,(H,31,35)/t22-/m1/s1. The Labute approximate surface area is 224 Å². The molecule has 0 aliphatic carbocycles. The first-order chi connectivity index (χ1) is 17.8. The molecule has 0 radical (unpaired) electrons. The quantitative estimate of drug-likeness (QED) is 0.285. The lowest BCUT2D eigenvalue weighted by Crippen LogP contribution is -2.27. The molecule has 0 saturated carbocycles. The Bertz CT molecular complexity index is 1440. The highest BCUT2D eigenvalue weighted by molar-refractivity contribution is 7.19. The fourth-order valence-electron chi connectivity index (χ4n) is 4.31. The first-order valence-electron chi connectivity index (χ1n) is 11.9. The third-order valence-electron chi connectivity index (χ3n) is 6.15. The number of nitrogens with two attached hydrogens (primary N) is 1. The number of aliphatic hydroxyl groups is 1. The molecule has 0 bridgehead atoms. The van der Waals surface area contributed by atoms with Crippen LogP contribution >= 0.6 is 22.9 Å². The topological polar surface area (TPSA) is 113 Å². The van der Waals surface area contributed by atoms with Crippen molar-refractivity contribution in [1.29, 1.82) is 0 Å². The summed E-state index contributed by atoms with van der Waals surface area (Å²) in [6.45, 7) is 1.53. The average Bonchev–Trinajstić information content (AvgIpc) is 3.26. The summed E-state index contributed by atoms with van der Waals surface area (Å²) in [7, 11) is 3.77. The van der Waals surface area contributed by atoms with Crippen molar-refractivity contribution in [2.45, 2.75) is 32.2 Å². The summed E-state index contributed by atoms with van der Waals surface area (Å²) in [5.41, 5.74) is 9.61. The molecule has 194 valence electrons. The summed E-state index contributed by atoms with van der Waals surface area (Å²) in [5.74, 6) is -0.231. The van der Waals surface area contributed by atoms with Gasteiger partial charge in [-0.25, -0.2) is 0 Å². The van der Waals surface area contributed by atoms with Crippen molar-refractivity contribution < 1.29 is 9.90 Å². The van der Waals surface area contributed by atoms with Gasteiger partial charge in [0.05, 0.1) is 22.3 Å². The van der Waals surface area contributed by atoms with Gasteiger partial charge in [-0.15, -0.1) is 11.3 Å². The number of aliphatic hydroxyl groups excluding tert-OH is 1. The van der Waals surface area contributed by atoms with Crippen LogP contribution in [0.4, 0.5) is 0 Å². The van der Waals surface area contributed by atoms with Crippen LogP contribution in [0.3, 0.4) is 0 Å². The number of likely N-dealkylation sites (N-methyl/N-ethyl adjacent to an activating group) is 1. The lowest BCUT2D eigenvalue weighted by molar-refractivity contribution is -0.120. The molecule has 3 heterocycles. The number of amides is 1. The number of hydrogen-bond acceptors (Lipinski definition) is 7. The van der Waals surface area contributed by atoms with Crippen molar-refractivity contribution in [2.24, 2.45) is 12.8 Å².